The summed E-state index contributed by atoms with van der Waals surface area (Å²) in [5.74, 6) is 0.573. The van der Waals surface area contributed by atoms with Gasteiger partial charge in [0.25, 0.3) is 0 Å². The molecule has 0 aliphatic carbocycles. The number of anilines is 1. The van der Waals surface area contributed by atoms with Crippen LogP contribution < -0.4 is 5.32 Å². The van der Waals surface area contributed by atoms with Crippen molar-refractivity contribution >= 4 is 15.7 Å². The third-order valence-corrected chi connectivity index (χ3v) is 4.85. The van der Waals surface area contributed by atoms with Crippen LogP contribution in [-0.4, -0.2) is 29.8 Å². The number of sulfone groups is 1. The quantitative estimate of drug-likeness (QED) is 0.685. The SMILES string of the molecule is Cc1noc(CNc2cc(C(F)(F)F)cc(-c3ccc(S(C)(=O)=O)cc3)n2)n1. The number of aromatic nitrogens is 3. The zero-order chi connectivity index (χ0) is 20.5. The number of benzene rings is 1. The number of nitrogens with one attached hydrogen (secondary N) is 1. The van der Waals surface area contributed by atoms with E-state index >= 15 is 0 Å². The van der Waals surface area contributed by atoms with E-state index in [4.69, 9.17) is 4.52 Å². The monoisotopic (exact) mass is 412 g/mol. The predicted octanol–water partition coefficient (Wildman–Crippen LogP) is 3.47. The number of hydrogen-bond donors (Lipinski definition) is 1. The van der Waals surface area contributed by atoms with E-state index in [1.165, 1.54) is 24.3 Å². The Labute approximate surface area is 158 Å². The first kappa shape index (κ1) is 19.8. The van der Waals surface area contributed by atoms with Crippen LogP contribution in [0.2, 0.25) is 0 Å². The molecule has 0 atom stereocenters. The molecule has 3 aromatic rings. The second-order valence-corrected chi connectivity index (χ2v) is 8.03. The summed E-state index contributed by atoms with van der Waals surface area (Å²) in [6, 6.07) is 7.23. The molecular weight excluding hydrogens is 397 g/mol. The summed E-state index contributed by atoms with van der Waals surface area (Å²) in [5, 5.41) is 6.33. The van der Waals surface area contributed by atoms with Crippen molar-refractivity contribution in [2.75, 3.05) is 11.6 Å². The number of pyridine rings is 1. The molecule has 0 unspecified atom stereocenters. The van der Waals surface area contributed by atoms with Gasteiger partial charge in [-0.15, -0.1) is 0 Å². The van der Waals surface area contributed by atoms with Crippen molar-refractivity contribution < 1.29 is 26.1 Å². The van der Waals surface area contributed by atoms with Gasteiger partial charge in [-0.1, -0.05) is 17.3 Å². The maximum Gasteiger partial charge on any atom is 0.416 e. The zero-order valence-electron chi connectivity index (χ0n) is 14.8. The molecule has 0 aliphatic heterocycles. The fraction of sp³-hybridized carbons (Fsp3) is 0.235. The van der Waals surface area contributed by atoms with Gasteiger partial charge in [-0.25, -0.2) is 13.4 Å². The van der Waals surface area contributed by atoms with Gasteiger partial charge in [-0.3, -0.25) is 0 Å². The number of rotatable bonds is 5. The summed E-state index contributed by atoms with van der Waals surface area (Å²) in [7, 11) is -3.41. The standard InChI is InChI=1S/C17H15F3N4O3S/c1-10-22-16(27-24-10)9-21-15-8-12(17(18,19)20)7-14(23-15)11-3-5-13(6-4-11)28(2,25)26/h3-8H,9H2,1-2H3,(H,21,23). The van der Waals surface area contributed by atoms with Gasteiger partial charge in [0.1, 0.15) is 5.82 Å². The molecule has 148 valence electrons. The molecule has 0 saturated heterocycles. The van der Waals surface area contributed by atoms with E-state index in [1.807, 2.05) is 0 Å². The molecule has 2 aromatic heterocycles. The number of hydrogen-bond acceptors (Lipinski definition) is 7. The molecule has 1 aromatic carbocycles. The maximum absolute atomic E-state index is 13.3. The lowest BCUT2D eigenvalue weighted by atomic mass is 10.1. The minimum atomic E-state index is -4.58. The zero-order valence-corrected chi connectivity index (χ0v) is 15.6. The third-order valence-electron chi connectivity index (χ3n) is 3.72. The van der Waals surface area contributed by atoms with Gasteiger partial charge >= 0.3 is 6.18 Å². The van der Waals surface area contributed by atoms with Crippen molar-refractivity contribution in [3.8, 4) is 11.3 Å². The van der Waals surface area contributed by atoms with Crippen LogP contribution in [0.3, 0.4) is 0 Å². The van der Waals surface area contributed by atoms with Crippen molar-refractivity contribution in [1.82, 2.24) is 15.1 Å². The van der Waals surface area contributed by atoms with Gasteiger partial charge < -0.3 is 9.84 Å². The smallest absolute Gasteiger partial charge is 0.361 e. The molecule has 0 spiro atoms. The molecule has 11 heteroatoms. The Kier molecular flexibility index (Phi) is 5.11. The molecule has 0 fully saturated rings. The van der Waals surface area contributed by atoms with Crippen molar-refractivity contribution in [1.29, 1.82) is 0 Å². The van der Waals surface area contributed by atoms with Crippen LogP contribution in [0.5, 0.6) is 0 Å². The highest BCUT2D eigenvalue weighted by molar-refractivity contribution is 7.90. The lowest BCUT2D eigenvalue weighted by Gasteiger charge is -2.12. The molecule has 0 bridgehead atoms. The molecule has 0 radical (unpaired) electrons. The van der Waals surface area contributed by atoms with E-state index in [-0.39, 0.29) is 28.8 Å². The molecule has 28 heavy (non-hydrogen) atoms. The van der Waals surface area contributed by atoms with Crippen molar-refractivity contribution in [2.24, 2.45) is 0 Å². The van der Waals surface area contributed by atoms with Crippen LogP contribution in [-0.2, 0) is 22.6 Å². The first-order valence-electron chi connectivity index (χ1n) is 7.95. The van der Waals surface area contributed by atoms with Crippen molar-refractivity contribution in [3.05, 3.63) is 53.7 Å². The van der Waals surface area contributed by atoms with Gasteiger partial charge in [0.05, 0.1) is 22.7 Å². The summed E-state index contributed by atoms with van der Waals surface area (Å²) in [4.78, 5) is 8.21. The van der Waals surface area contributed by atoms with Crippen LogP contribution in [0, 0.1) is 6.92 Å². The number of nitrogens with zero attached hydrogens (tertiary/aromatic N) is 3. The number of aryl methyl sites for hydroxylation is 1. The molecular formula is C17H15F3N4O3S. The highest BCUT2D eigenvalue weighted by atomic mass is 32.2. The summed E-state index contributed by atoms with van der Waals surface area (Å²) in [6.07, 6.45) is -3.53. The fourth-order valence-electron chi connectivity index (χ4n) is 2.38. The molecule has 0 amide bonds. The Morgan fingerprint density at radius 1 is 1.11 bits per heavy atom. The van der Waals surface area contributed by atoms with Gasteiger partial charge in [0, 0.05) is 11.8 Å². The Morgan fingerprint density at radius 2 is 1.79 bits per heavy atom. The van der Waals surface area contributed by atoms with Crippen molar-refractivity contribution in [3.63, 3.8) is 0 Å². The summed E-state index contributed by atoms with van der Waals surface area (Å²) in [5.41, 5.74) is -0.511. The number of halogens is 3. The lowest BCUT2D eigenvalue weighted by molar-refractivity contribution is -0.137. The predicted molar refractivity (Wildman–Crippen MR) is 94.1 cm³/mol. The molecule has 3 rings (SSSR count). The van der Waals surface area contributed by atoms with E-state index in [2.05, 4.69) is 20.4 Å². The summed E-state index contributed by atoms with van der Waals surface area (Å²) >= 11 is 0. The second-order valence-electron chi connectivity index (χ2n) is 6.01. The summed E-state index contributed by atoms with van der Waals surface area (Å²) in [6.45, 7) is 1.62. The molecule has 7 nitrogen and oxygen atoms in total. The molecule has 2 heterocycles. The molecule has 1 N–H and O–H groups in total. The second kappa shape index (κ2) is 7.23. The average Bonchev–Trinajstić information content (AvgIpc) is 3.04. The Balaban J connectivity index is 1.95. The topological polar surface area (TPSA) is 98.0 Å². The van der Waals surface area contributed by atoms with E-state index in [1.54, 1.807) is 6.92 Å². The minimum absolute atomic E-state index is 0.00159. The molecule has 0 saturated carbocycles. The Bertz CT molecular complexity index is 1090. The van der Waals surface area contributed by atoms with Gasteiger partial charge in [0.2, 0.25) is 5.89 Å². The van der Waals surface area contributed by atoms with E-state index in [0.29, 0.717) is 11.4 Å². The Morgan fingerprint density at radius 3 is 2.32 bits per heavy atom. The molecule has 0 aliphatic rings. The average molecular weight is 412 g/mol. The van der Waals surface area contributed by atoms with E-state index in [9.17, 15) is 21.6 Å². The van der Waals surface area contributed by atoms with Gasteiger partial charge in [0.15, 0.2) is 15.7 Å². The van der Waals surface area contributed by atoms with E-state index in [0.717, 1.165) is 18.4 Å². The lowest BCUT2D eigenvalue weighted by Crippen LogP contribution is -2.09. The maximum atomic E-state index is 13.3. The largest absolute Gasteiger partial charge is 0.416 e. The van der Waals surface area contributed by atoms with Gasteiger partial charge in [-0.2, -0.15) is 18.2 Å². The van der Waals surface area contributed by atoms with Crippen LogP contribution in [0.1, 0.15) is 17.3 Å². The first-order valence-corrected chi connectivity index (χ1v) is 9.84. The van der Waals surface area contributed by atoms with Crippen LogP contribution in [0.4, 0.5) is 19.0 Å². The van der Waals surface area contributed by atoms with E-state index < -0.39 is 21.6 Å². The highest BCUT2D eigenvalue weighted by Crippen LogP contribution is 2.33. The third kappa shape index (κ3) is 4.66. The highest BCUT2D eigenvalue weighted by Gasteiger charge is 2.32. The minimum Gasteiger partial charge on any atom is -0.361 e. The normalized spacial score (nSPS) is 12.2. The van der Waals surface area contributed by atoms with Crippen LogP contribution in [0.15, 0.2) is 45.8 Å². The fourth-order valence-corrected chi connectivity index (χ4v) is 3.01. The Hall–Kier alpha value is -2.95. The number of alkyl halides is 3. The summed E-state index contributed by atoms with van der Waals surface area (Å²) < 4.78 is 67.8. The van der Waals surface area contributed by atoms with Crippen LogP contribution >= 0.6 is 0 Å². The van der Waals surface area contributed by atoms with Crippen LogP contribution in [0.25, 0.3) is 11.3 Å². The first-order chi connectivity index (χ1) is 13.0. The van der Waals surface area contributed by atoms with Gasteiger partial charge in [-0.05, 0) is 31.2 Å². The van der Waals surface area contributed by atoms with Crippen molar-refractivity contribution in [2.45, 2.75) is 24.5 Å².